The lowest BCUT2D eigenvalue weighted by Crippen LogP contribution is -2.47. The van der Waals surface area contributed by atoms with Gasteiger partial charge in [0.1, 0.15) is 16.2 Å². The van der Waals surface area contributed by atoms with E-state index in [2.05, 4.69) is 27.1 Å². The average molecular weight is 680 g/mol. The zero-order valence-electron chi connectivity index (χ0n) is 26.1. The van der Waals surface area contributed by atoms with Crippen molar-refractivity contribution in [1.82, 2.24) is 24.1 Å². The van der Waals surface area contributed by atoms with Crippen molar-refractivity contribution < 1.29 is 26.4 Å². The first-order chi connectivity index (χ1) is 21.9. The Morgan fingerprint density at radius 3 is 2.26 bits per heavy atom. The Kier molecular flexibility index (Phi) is 9.59. The van der Waals surface area contributed by atoms with Gasteiger partial charge in [0.05, 0.1) is 16.4 Å². The molecule has 1 saturated carbocycles. The molecule has 2 saturated heterocycles. The summed E-state index contributed by atoms with van der Waals surface area (Å²) in [6.07, 6.45) is -0.760. The van der Waals surface area contributed by atoms with Gasteiger partial charge in [-0.2, -0.15) is 17.5 Å². The van der Waals surface area contributed by atoms with Crippen molar-refractivity contribution in [1.29, 1.82) is 0 Å². The van der Waals surface area contributed by atoms with Gasteiger partial charge in [0.15, 0.2) is 5.13 Å². The summed E-state index contributed by atoms with van der Waals surface area (Å²) >= 11 is 1.23. The number of piperazine rings is 2. The van der Waals surface area contributed by atoms with Crippen LogP contribution in [0.15, 0.2) is 35.2 Å². The number of likely N-dealkylation sites (N-methyl/N-ethyl adjacent to an activating group) is 2. The second-order valence-electron chi connectivity index (χ2n) is 12.7. The Morgan fingerprint density at radius 2 is 1.61 bits per heavy atom. The molecule has 1 N–H and O–H groups in total. The standard InChI is InChI=1S/C31H40F3N7O3S2/c1-38-11-15-40(16-12-38)27-10-8-25-29(36-27)45-30(35-25)37-28(42)23(19-21-5-3-4-6-21)22-7-9-26(24(20-22)31(32,33)34)46(43,44)41-17-13-39(2)14-18-41/h7-10,20-21,23H,3-6,11-19H2,1-2H3,(H,35,37,42). The molecule has 2 aliphatic heterocycles. The van der Waals surface area contributed by atoms with Gasteiger partial charge in [0, 0.05) is 52.4 Å². The van der Waals surface area contributed by atoms with Crippen LogP contribution in [0.2, 0.25) is 0 Å². The van der Waals surface area contributed by atoms with E-state index in [-0.39, 0.29) is 24.6 Å². The van der Waals surface area contributed by atoms with E-state index >= 15 is 0 Å². The maximum absolute atomic E-state index is 14.5. The molecule has 3 aliphatic rings. The number of carbonyl (C=O) groups excluding carboxylic acids is 1. The number of halogens is 3. The maximum Gasteiger partial charge on any atom is 0.417 e. The number of nitrogens with zero attached hydrogens (tertiary/aromatic N) is 6. The molecule has 2 aromatic heterocycles. The van der Waals surface area contributed by atoms with E-state index in [9.17, 15) is 26.4 Å². The van der Waals surface area contributed by atoms with E-state index in [0.717, 1.165) is 74.1 Å². The van der Waals surface area contributed by atoms with E-state index in [1.165, 1.54) is 17.4 Å². The topological polar surface area (TPSA) is 102 Å². The van der Waals surface area contributed by atoms with Crippen molar-refractivity contribution in [3.05, 3.63) is 41.5 Å². The summed E-state index contributed by atoms with van der Waals surface area (Å²) in [6, 6.07) is 7.05. The minimum atomic E-state index is -4.93. The number of sulfonamides is 1. The highest BCUT2D eigenvalue weighted by Crippen LogP contribution is 2.40. The Balaban J connectivity index is 1.28. The van der Waals surface area contributed by atoms with Gasteiger partial charge < -0.3 is 20.0 Å². The molecule has 1 amide bonds. The first-order valence-corrected chi connectivity index (χ1v) is 18.1. The van der Waals surface area contributed by atoms with E-state index in [4.69, 9.17) is 4.98 Å². The summed E-state index contributed by atoms with van der Waals surface area (Å²) in [6.45, 7) is 4.67. The van der Waals surface area contributed by atoms with Gasteiger partial charge in [-0.25, -0.2) is 18.4 Å². The summed E-state index contributed by atoms with van der Waals surface area (Å²) < 4.78 is 71.5. The van der Waals surface area contributed by atoms with Crippen LogP contribution in [0.25, 0.3) is 10.3 Å². The van der Waals surface area contributed by atoms with Crippen molar-refractivity contribution >= 4 is 48.6 Å². The van der Waals surface area contributed by atoms with E-state index in [0.29, 0.717) is 35.0 Å². The molecule has 0 spiro atoms. The Hall–Kier alpha value is -2.85. The number of alkyl halides is 3. The van der Waals surface area contributed by atoms with Crippen LogP contribution in [0.3, 0.4) is 0 Å². The minimum absolute atomic E-state index is 0.110. The quantitative estimate of drug-likeness (QED) is 0.366. The van der Waals surface area contributed by atoms with Crippen molar-refractivity contribution in [2.75, 3.05) is 76.7 Å². The fourth-order valence-electron chi connectivity index (χ4n) is 6.62. The van der Waals surface area contributed by atoms with E-state index in [1.807, 2.05) is 24.1 Å². The third-order valence-corrected chi connectivity index (χ3v) is 12.3. The number of amides is 1. The van der Waals surface area contributed by atoms with Crippen LogP contribution < -0.4 is 10.2 Å². The van der Waals surface area contributed by atoms with Crippen molar-refractivity contribution in [3.8, 4) is 0 Å². The van der Waals surface area contributed by atoms with Gasteiger partial charge in [-0.05, 0) is 56.3 Å². The predicted octanol–water partition coefficient (Wildman–Crippen LogP) is 4.70. The van der Waals surface area contributed by atoms with Gasteiger partial charge in [0.2, 0.25) is 15.9 Å². The van der Waals surface area contributed by atoms with E-state index < -0.39 is 38.5 Å². The molecule has 46 heavy (non-hydrogen) atoms. The first-order valence-electron chi connectivity index (χ1n) is 15.8. The molecular formula is C31H40F3N7O3S2. The number of rotatable bonds is 8. The fraction of sp³-hybridized carbons (Fsp3) is 0.581. The lowest BCUT2D eigenvalue weighted by atomic mass is 9.86. The van der Waals surface area contributed by atoms with Crippen molar-refractivity contribution in [3.63, 3.8) is 0 Å². The Bertz CT molecular complexity index is 1660. The smallest absolute Gasteiger partial charge is 0.354 e. The van der Waals surface area contributed by atoms with E-state index in [1.54, 1.807) is 0 Å². The Morgan fingerprint density at radius 1 is 0.957 bits per heavy atom. The number of pyridine rings is 1. The summed E-state index contributed by atoms with van der Waals surface area (Å²) in [5.41, 5.74) is -0.470. The predicted molar refractivity (Wildman–Crippen MR) is 173 cm³/mol. The molecule has 1 aliphatic carbocycles. The molecule has 10 nitrogen and oxygen atoms in total. The highest BCUT2D eigenvalue weighted by Gasteiger charge is 2.41. The lowest BCUT2D eigenvalue weighted by Gasteiger charge is -2.33. The normalized spacial score (nSPS) is 20.4. The first kappa shape index (κ1) is 33.1. The molecule has 1 unspecified atom stereocenters. The summed E-state index contributed by atoms with van der Waals surface area (Å²) in [5.74, 6) is -0.354. The van der Waals surface area contributed by atoms with Gasteiger partial charge in [-0.1, -0.05) is 43.1 Å². The zero-order valence-corrected chi connectivity index (χ0v) is 27.7. The highest BCUT2D eigenvalue weighted by atomic mass is 32.2. The SMILES string of the molecule is CN1CCN(c2ccc3nc(NC(=O)C(CC4CCCC4)c4ccc(S(=O)(=O)N5CCN(C)CC5)c(C(F)(F)F)c4)sc3n2)CC1. The number of nitrogens with one attached hydrogen (secondary N) is 1. The van der Waals surface area contributed by atoms with Crippen LogP contribution in [-0.2, 0) is 21.0 Å². The molecule has 4 heterocycles. The highest BCUT2D eigenvalue weighted by molar-refractivity contribution is 7.89. The molecule has 15 heteroatoms. The second kappa shape index (κ2) is 13.3. The molecule has 3 aromatic rings. The minimum Gasteiger partial charge on any atom is -0.354 e. The van der Waals surface area contributed by atoms with Crippen LogP contribution in [-0.4, -0.2) is 105 Å². The molecule has 3 fully saturated rings. The number of hydrogen-bond acceptors (Lipinski definition) is 9. The molecule has 1 atom stereocenters. The van der Waals surface area contributed by atoms with Gasteiger partial charge in [-0.3, -0.25) is 4.79 Å². The number of hydrogen-bond donors (Lipinski definition) is 1. The molecular weight excluding hydrogens is 640 g/mol. The van der Waals surface area contributed by atoms with Crippen molar-refractivity contribution in [2.45, 2.75) is 49.1 Å². The van der Waals surface area contributed by atoms with Crippen LogP contribution in [0, 0.1) is 5.92 Å². The van der Waals surface area contributed by atoms with Gasteiger partial charge >= 0.3 is 6.18 Å². The van der Waals surface area contributed by atoms with Crippen LogP contribution >= 0.6 is 11.3 Å². The molecule has 6 rings (SSSR count). The number of anilines is 2. The van der Waals surface area contributed by atoms with Crippen LogP contribution in [0.5, 0.6) is 0 Å². The van der Waals surface area contributed by atoms with Gasteiger partial charge in [-0.15, -0.1) is 0 Å². The monoisotopic (exact) mass is 679 g/mol. The van der Waals surface area contributed by atoms with Crippen LogP contribution in [0.4, 0.5) is 24.1 Å². The zero-order chi connectivity index (χ0) is 32.6. The molecule has 0 bridgehead atoms. The third-order valence-electron chi connectivity index (χ3n) is 9.45. The second-order valence-corrected chi connectivity index (χ2v) is 15.6. The third kappa shape index (κ3) is 7.18. The Labute approximate surface area is 271 Å². The summed E-state index contributed by atoms with van der Waals surface area (Å²) in [7, 11) is -0.474. The molecule has 1 aromatic carbocycles. The fourth-order valence-corrected chi connectivity index (χ4v) is 9.07. The summed E-state index contributed by atoms with van der Waals surface area (Å²) in [4.78, 5) is 29.5. The van der Waals surface area contributed by atoms with Crippen molar-refractivity contribution in [2.24, 2.45) is 5.92 Å². The maximum atomic E-state index is 14.5. The number of carbonyl (C=O) groups is 1. The number of aromatic nitrogens is 2. The number of benzene rings is 1. The van der Waals surface area contributed by atoms with Crippen LogP contribution in [0.1, 0.15) is 49.1 Å². The molecule has 0 radical (unpaired) electrons. The lowest BCUT2D eigenvalue weighted by molar-refractivity contribution is -0.140. The largest absolute Gasteiger partial charge is 0.417 e. The molecule has 250 valence electrons. The number of thiazole rings is 1. The summed E-state index contributed by atoms with van der Waals surface area (Å²) in [5, 5.41) is 3.19. The van der Waals surface area contributed by atoms with Gasteiger partial charge in [0.25, 0.3) is 0 Å². The number of fused-ring (bicyclic) bond motifs is 1. The average Bonchev–Trinajstić information content (AvgIpc) is 3.69.